The molecule has 0 aliphatic carbocycles. The SMILES string of the molecule is O=C([C@H]1O[C@@H]1c1ccc(Cl)cc1)N1CCCC1. The Labute approximate surface area is 105 Å². The lowest BCUT2D eigenvalue weighted by Gasteiger charge is -2.13. The van der Waals surface area contributed by atoms with Gasteiger partial charge >= 0.3 is 0 Å². The van der Waals surface area contributed by atoms with E-state index in [0.29, 0.717) is 5.02 Å². The smallest absolute Gasteiger partial charge is 0.254 e. The van der Waals surface area contributed by atoms with Crippen molar-refractivity contribution in [3.63, 3.8) is 0 Å². The summed E-state index contributed by atoms with van der Waals surface area (Å²) in [5.41, 5.74) is 1.03. The van der Waals surface area contributed by atoms with Gasteiger partial charge in [-0.2, -0.15) is 0 Å². The van der Waals surface area contributed by atoms with E-state index >= 15 is 0 Å². The first-order chi connectivity index (χ1) is 8.25. The van der Waals surface area contributed by atoms with Crippen LogP contribution >= 0.6 is 11.6 Å². The first-order valence-electron chi connectivity index (χ1n) is 5.95. The number of hydrogen-bond donors (Lipinski definition) is 0. The van der Waals surface area contributed by atoms with Gasteiger partial charge in [-0.3, -0.25) is 4.79 Å². The fourth-order valence-electron chi connectivity index (χ4n) is 2.32. The molecule has 2 aliphatic heterocycles. The van der Waals surface area contributed by atoms with E-state index in [-0.39, 0.29) is 18.1 Å². The second kappa shape index (κ2) is 4.31. The Balaban J connectivity index is 1.65. The van der Waals surface area contributed by atoms with Gasteiger partial charge in [0.05, 0.1) is 0 Å². The van der Waals surface area contributed by atoms with E-state index in [1.54, 1.807) is 0 Å². The minimum Gasteiger partial charge on any atom is -0.354 e. The number of benzene rings is 1. The largest absolute Gasteiger partial charge is 0.354 e. The lowest BCUT2D eigenvalue weighted by Crippen LogP contribution is -2.31. The number of nitrogens with zero attached hydrogens (tertiary/aromatic N) is 1. The second-order valence-electron chi connectivity index (χ2n) is 4.56. The van der Waals surface area contributed by atoms with Crippen LogP contribution in [0.5, 0.6) is 0 Å². The molecular weight excluding hydrogens is 238 g/mol. The molecule has 4 heteroatoms. The van der Waals surface area contributed by atoms with Crippen molar-refractivity contribution >= 4 is 17.5 Å². The molecule has 0 unspecified atom stereocenters. The topological polar surface area (TPSA) is 32.8 Å². The Morgan fingerprint density at radius 3 is 2.53 bits per heavy atom. The maximum atomic E-state index is 12.0. The zero-order valence-corrected chi connectivity index (χ0v) is 10.2. The summed E-state index contributed by atoms with van der Waals surface area (Å²) in [6.45, 7) is 1.76. The molecule has 2 heterocycles. The summed E-state index contributed by atoms with van der Waals surface area (Å²) in [4.78, 5) is 13.9. The molecule has 90 valence electrons. The molecule has 2 atom stereocenters. The quantitative estimate of drug-likeness (QED) is 0.757. The van der Waals surface area contributed by atoms with Crippen LogP contribution in [0, 0.1) is 0 Å². The van der Waals surface area contributed by atoms with E-state index in [2.05, 4.69) is 0 Å². The molecule has 3 rings (SSSR count). The number of amides is 1. The highest BCUT2D eigenvalue weighted by molar-refractivity contribution is 6.30. The number of rotatable bonds is 2. The summed E-state index contributed by atoms with van der Waals surface area (Å²) in [6.07, 6.45) is 1.89. The van der Waals surface area contributed by atoms with Crippen molar-refractivity contribution in [2.75, 3.05) is 13.1 Å². The van der Waals surface area contributed by atoms with Crippen LogP contribution in [-0.2, 0) is 9.53 Å². The molecule has 0 aromatic heterocycles. The van der Waals surface area contributed by atoms with Crippen molar-refractivity contribution in [2.45, 2.75) is 25.0 Å². The van der Waals surface area contributed by atoms with Crippen LogP contribution in [0.15, 0.2) is 24.3 Å². The summed E-state index contributed by atoms with van der Waals surface area (Å²) in [5.74, 6) is 0.141. The molecule has 0 radical (unpaired) electrons. The summed E-state index contributed by atoms with van der Waals surface area (Å²) in [7, 11) is 0. The number of epoxide rings is 1. The monoisotopic (exact) mass is 251 g/mol. The standard InChI is InChI=1S/C13H14ClNO2/c14-10-5-3-9(4-6-10)11-12(17-11)13(16)15-7-1-2-8-15/h3-6,11-12H,1-2,7-8H2/t11-,12+/m1/s1. The van der Waals surface area contributed by atoms with Gasteiger partial charge in [0.25, 0.3) is 5.91 Å². The number of hydrogen-bond acceptors (Lipinski definition) is 2. The number of ether oxygens (including phenoxy) is 1. The number of carbonyl (C=O) groups is 1. The predicted molar refractivity (Wildman–Crippen MR) is 64.9 cm³/mol. The van der Waals surface area contributed by atoms with E-state index in [1.165, 1.54) is 0 Å². The Morgan fingerprint density at radius 1 is 1.24 bits per heavy atom. The van der Waals surface area contributed by atoms with Crippen LogP contribution in [0.4, 0.5) is 0 Å². The Bertz CT molecular complexity index is 426. The zero-order valence-electron chi connectivity index (χ0n) is 9.43. The van der Waals surface area contributed by atoms with Gasteiger partial charge in [0, 0.05) is 18.1 Å². The van der Waals surface area contributed by atoms with Gasteiger partial charge in [0.2, 0.25) is 0 Å². The van der Waals surface area contributed by atoms with Gasteiger partial charge in [0.1, 0.15) is 6.10 Å². The fourth-order valence-corrected chi connectivity index (χ4v) is 2.45. The second-order valence-corrected chi connectivity index (χ2v) is 5.00. The fraction of sp³-hybridized carbons (Fsp3) is 0.462. The van der Waals surface area contributed by atoms with Crippen LogP contribution in [0.25, 0.3) is 0 Å². The van der Waals surface area contributed by atoms with Crippen LogP contribution in [0.2, 0.25) is 5.02 Å². The minimum absolute atomic E-state index is 0.0691. The van der Waals surface area contributed by atoms with Gasteiger partial charge in [-0.15, -0.1) is 0 Å². The van der Waals surface area contributed by atoms with Crippen molar-refractivity contribution in [3.05, 3.63) is 34.9 Å². The molecule has 2 fully saturated rings. The molecule has 1 aromatic carbocycles. The van der Waals surface area contributed by atoms with E-state index in [9.17, 15) is 4.79 Å². The summed E-state index contributed by atoms with van der Waals surface area (Å²) < 4.78 is 5.48. The minimum atomic E-state index is -0.269. The van der Waals surface area contributed by atoms with E-state index < -0.39 is 0 Å². The normalized spacial score (nSPS) is 27.2. The first-order valence-corrected chi connectivity index (χ1v) is 6.33. The van der Waals surface area contributed by atoms with Crippen LogP contribution in [-0.4, -0.2) is 30.0 Å². The molecule has 0 bridgehead atoms. The molecule has 0 spiro atoms. The van der Waals surface area contributed by atoms with Crippen molar-refractivity contribution in [2.24, 2.45) is 0 Å². The molecular formula is C13H14ClNO2. The average Bonchev–Trinajstić information content (AvgIpc) is 2.94. The highest BCUT2D eigenvalue weighted by atomic mass is 35.5. The molecule has 1 aromatic rings. The first kappa shape index (κ1) is 11.1. The number of carbonyl (C=O) groups excluding carboxylic acids is 1. The third kappa shape index (κ3) is 2.17. The van der Waals surface area contributed by atoms with E-state index in [4.69, 9.17) is 16.3 Å². The van der Waals surface area contributed by atoms with Crippen molar-refractivity contribution in [1.29, 1.82) is 0 Å². The molecule has 3 nitrogen and oxygen atoms in total. The maximum Gasteiger partial charge on any atom is 0.254 e. The molecule has 17 heavy (non-hydrogen) atoms. The molecule has 2 aliphatic rings. The summed E-state index contributed by atoms with van der Waals surface area (Å²) >= 11 is 5.82. The van der Waals surface area contributed by atoms with E-state index in [1.807, 2.05) is 29.2 Å². The van der Waals surface area contributed by atoms with E-state index in [0.717, 1.165) is 31.5 Å². The van der Waals surface area contributed by atoms with Gasteiger partial charge < -0.3 is 9.64 Å². The third-order valence-electron chi connectivity index (χ3n) is 3.35. The van der Waals surface area contributed by atoms with Crippen LogP contribution in [0.3, 0.4) is 0 Å². The van der Waals surface area contributed by atoms with Crippen molar-refractivity contribution in [1.82, 2.24) is 4.90 Å². The van der Waals surface area contributed by atoms with Gasteiger partial charge in [-0.1, -0.05) is 23.7 Å². The highest BCUT2D eigenvalue weighted by Crippen LogP contribution is 2.40. The lowest BCUT2D eigenvalue weighted by atomic mass is 10.1. The zero-order chi connectivity index (χ0) is 11.8. The summed E-state index contributed by atoms with van der Waals surface area (Å²) in [6, 6.07) is 7.50. The molecule has 2 saturated heterocycles. The third-order valence-corrected chi connectivity index (χ3v) is 3.60. The predicted octanol–water partition coefficient (Wildman–Crippen LogP) is 2.40. The highest BCUT2D eigenvalue weighted by Gasteiger charge is 2.48. The van der Waals surface area contributed by atoms with Crippen molar-refractivity contribution < 1.29 is 9.53 Å². The number of halogens is 1. The Morgan fingerprint density at radius 2 is 1.88 bits per heavy atom. The average molecular weight is 252 g/mol. The van der Waals surface area contributed by atoms with Gasteiger partial charge in [0.15, 0.2) is 6.10 Å². The van der Waals surface area contributed by atoms with Gasteiger partial charge in [-0.25, -0.2) is 0 Å². The van der Waals surface area contributed by atoms with Crippen LogP contribution in [0.1, 0.15) is 24.5 Å². The number of likely N-dealkylation sites (tertiary alicyclic amines) is 1. The Hall–Kier alpha value is -1.06. The molecule has 0 N–H and O–H groups in total. The van der Waals surface area contributed by atoms with Crippen LogP contribution < -0.4 is 0 Å². The molecule has 0 saturated carbocycles. The van der Waals surface area contributed by atoms with Gasteiger partial charge in [-0.05, 0) is 30.5 Å². The Kier molecular flexibility index (Phi) is 2.81. The lowest BCUT2D eigenvalue weighted by molar-refractivity contribution is -0.131. The molecule has 1 amide bonds. The summed E-state index contributed by atoms with van der Waals surface area (Å²) in [5, 5.41) is 0.705. The van der Waals surface area contributed by atoms with Crippen molar-refractivity contribution in [3.8, 4) is 0 Å². The maximum absolute atomic E-state index is 12.0.